The molecule has 0 aromatic heterocycles. The Labute approximate surface area is 178 Å². The summed E-state index contributed by atoms with van der Waals surface area (Å²) in [7, 11) is 0. The number of ether oxygens (including phenoxy) is 1. The van der Waals surface area contributed by atoms with E-state index < -0.39 is 23.7 Å². The van der Waals surface area contributed by atoms with Crippen LogP contribution in [0.3, 0.4) is 0 Å². The smallest absolute Gasteiger partial charge is 0.329 e. The molecule has 1 heterocycles. The molecule has 1 aromatic carbocycles. The molecule has 29 heavy (non-hydrogen) atoms. The number of hydrogen-bond acceptors (Lipinski definition) is 5. The first-order valence-electron chi connectivity index (χ1n) is 10.1. The van der Waals surface area contributed by atoms with Crippen molar-refractivity contribution in [3.8, 4) is 0 Å². The van der Waals surface area contributed by atoms with Crippen molar-refractivity contribution in [2.24, 2.45) is 5.92 Å². The Morgan fingerprint density at radius 2 is 1.90 bits per heavy atom. The van der Waals surface area contributed by atoms with Crippen molar-refractivity contribution in [1.82, 2.24) is 10.2 Å². The Bertz CT molecular complexity index is 717. The first-order chi connectivity index (χ1) is 13.6. The number of amides is 2. The Morgan fingerprint density at radius 3 is 2.48 bits per heavy atom. The lowest BCUT2D eigenvalue weighted by molar-refractivity contribution is -0.159. The third-order valence-corrected chi connectivity index (χ3v) is 5.37. The standard InChI is InChI=1S/C22H32N2O4S/c1-15(14-29)20(26)24-12-8-11-18(24)19(25)23-17(21(27)28-22(2,3)4)13-16-9-6-5-7-10-16/h5-7,9-10,15,17-18,29H,8,11-14H2,1-4H3,(H,23,25)/t15?,17-,18-/m0/s1. The van der Waals surface area contributed by atoms with Crippen LogP contribution in [0.1, 0.15) is 46.1 Å². The highest BCUT2D eigenvalue weighted by Gasteiger charge is 2.37. The second kappa shape index (κ2) is 10.1. The first-order valence-corrected chi connectivity index (χ1v) is 10.7. The Balaban J connectivity index is 2.15. The van der Waals surface area contributed by atoms with Gasteiger partial charge in [0.2, 0.25) is 11.8 Å². The van der Waals surface area contributed by atoms with Crippen molar-refractivity contribution in [2.45, 2.75) is 64.6 Å². The fraction of sp³-hybridized carbons (Fsp3) is 0.591. The van der Waals surface area contributed by atoms with E-state index in [4.69, 9.17) is 4.74 Å². The second-order valence-electron chi connectivity index (χ2n) is 8.56. The lowest BCUT2D eigenvalue weighted by atomic mass is 10.0. The summed E-state index contributed by atoms with van der Waals surface area (Å²) in [4.78, 5) is 40.0. The number of rotatable bonds is 7. The van der Waals surface area contributed by atoms with Crippen LogP contribution in [0.4, 0.5) is 0 Å². The van der Waals surface area contributed by atoms with Gasteiger partial charge in [-0.2, -0.15) is 12.6 Å². The number of hydrogen-bond donors (Lipinski definition) is 2. The highest BCUT2D eigenvalue weighted by atomic mass is 32.1. The molecule has 1 aliphatic rings. The minimum Gasteiger partial charge on any atom is -0.458 e. The van der Waals surface area contributed by atoms with Crippen LogP contribution in [0.25, 0.3) is 0 Å². The molecule has 7 heteroatoms. The summed E-state index contributed by atoms with van der Waals surface area (Å²) in [6.45, 7) is 7.74. The Morgan fingerprint density at radius 1 is 1.24 bits per heavy atom. The van der Waals surface area contributed by atoms with E-state index in [-0.39, 0.29) is 17.7 Å². The van der Waals surface area contributed by atoms with Gasteiger partial charge >= 0.3 is 5.97 Å². The zero-order chi connectivity index (χ0) is 21.6. The van der Waals surface area contributed by atoms with Gasteiger partial charge in [-0.3, -0.25) is 9.59 Å². The van der Waals surface area contributed by atoms with Crippen LogP contribution in [0, 0.1) is 5.92 Å². The average molecular weight is 421 g/mol. The molecule has 160 valence electrons. The summed E-state index contributed by atoms with van der Waals surface area (Å²) in [5.41, 5.74) is 0.264. The predicted octanol–water partition coefficient (Wildman–Crippen LogP) is 2.61. The van der Waals surface area contributed by atoms with Crippen molar-refractivity contribution in [3.63, 3.8) is 0 Å². The SMILES string of the molecule is CC(CS)C(=O)N1CCC[C@H]1C(=O)N[C@@H](Cc1ccccc1)C(=O)OC(C)(C)C. The van der Waals surface area contributed by atoms with Crippen molar-refractivity contribution in [2.75, 3.05) is 12.3 Å². The summed E-state index contributed by atoms with van der Waals surface area (Å²) >= 11 is 4.20. The van der Waals surface area contributed by atoms with E-state index in [0.717, 1.165) is 12.0 Å². The van der Waals surface area contributed by atoms with Crippen LogP contribution in [0.5, 0.6) is 0 Å². The van der Waals surface area contributed by atoms with Crippen molar-refractivity contribution >= 4 is 30.4 Å². The molecule has 1 aromatic rings. The van der Waals surface area contributed by atoms with Gasteiger partial charge in [-0.05, 0) is 39.2 Å². The summed E-state index contributed by atoms with van der Waals surface area (Å²) in [6.07, 6.45) is 1.68. The molecule has 6 nitrogen and oxygen atoms in total. The van der Waals surface area contributed by atoms with Crippen molar-refractivity contribution < 1.29 is 19.1 Å². The van der Waals surface area contributed by atoms with Crippen molar-refractivity contribution in [1.29, 1.82) is 0 Å². The molecule has 1 aliphatic heterocycles. The number of carbonyl (C=O) groups is 3. The number of benzene rings is 1. The normalized spacial score (nSPS) is 18.8. The summed E-state index contributed by atoms with van der Waals surface area (Å²) in [6, 6.07) is 8.11. The molecule has 3 atom stereocenters. The van der Waals surface area contributed by atoms with E-state index >= 15 is 0 Å². The van der Waals surface area contributed by atoms with Crippen LogP contribution in [0.15, 0.2) is 30.3 Å². The van der Waals surface area contributed by atoms with E-state index in [0.29, 0.717) is 25.1 Å². The lowest BCUT2D eigenvalue weighted by Gasteiger charge is -2.29. The average Bonchev–Trinajstić information content (AvgIpc) is 3.15. The van der Waals surface area contributed by atoms with Gasteiger partial charge < -0.3 is 15.0 Å². The number of thiol groups is 1. The molecular formula is C22H32N2O4S. The minimum absolute atomic E-state index is 0.0745. The molecule has 0 radical (unpaired) electrons. The summed E-state index contributed by atoms with van der Waals surface area (Å²) < 4.78 is 5.52. The zero-order valence-corrected chi connectivity index (χ0v) is 18.6. The van der Waals surface area contributed by atoms with Gasteiger partial charge in [-0.1, -0.05) is 37.3 Å². The highest BCUT2D eigenvalue weighted by Crippen LogP contribution is 2.21. The number of likely N-dealkylation sites (tertiary alicyclic amines) is 1. The van der Waals surface area contributed by atoms with E-state index in [1.807, 2.05) is 37.3 Å². The Kier molecular flexibility index (Phi) is 8.14. The van der Waals surface area contributed by atoms with Crippen LogP contribution in [-0.2, 0) is 25.5 Å². The quantitative estimate of drug-likeness (QED) is 0.525. The van der Waals surface area contributed by atoms with Gasteiger partial charge in [-0.25, -0.2) is 4.79 Å². The van der Waals surface area contributed by atoms with Gasteiger partial charge in [0, 0.05) is 24.6 Å². The maximum Gasteiger partial charge on any atom is 0.329 e. The van der Waals surface area contributed by atoms with Gasteiger partial charge in [0.05, 0.1) is 0 Å². The van der Waals surface area contributed by atoms with Crippen LogP contribution < -0.4 is 5.32 Å². The van der Waals surface area contributed by atoms with Gasteiger partial charge in [0.1, 0.15) is 17.7 Å². The van der Waals surface area contributed by atoms with E-state index in [1.54, 1.807) is 25.7 Å². The number of esters is 1. The van der Waals surface area contributed by atoms with Gasteiger partial charge in [0.25, 0.3) is 0 Å². The predicted molar refractivity (Wildman–Crippen MR) is 116 cm³/mol. The van der Waals surface area contributed by atoms with E-state index in [1.165, 1.54) is 0 Å². The highest BCUT2D eigenvalue weighted by molar-refractivity contribution is 7.80. The van der Waals surface area contributed by atoms with Crippen LogP contribution in [0.2, 0.25) is 0 Å². The number of nitrogens with one attached hydrogen (secondary N) is 1. The molecule has 1 saturated heterocycles. The topological polar surface area (TPSA) is 75.7 Å². The van der Waals surface area contributed by atoms with Crippen LogP contribution in [-0.4, -0.2) is 52.7 Å². The summed E-state index contributed by atoms with van der Waals surface area (Å²) in [5, 5.41) is 2.85. The lowest BCUT2D eigenvalue weighted by Crippen LogP contribution is -2.53. The van der Waals surface area contributed by atoms with E-state index in [9.17, 15) is 14.4 Å². The molecule has 0 aliphatic carbocycles. The Hall–Kier alpha value is -2.02. The first kappa shape index (κ1) is 23.3. The fourth-order valence-electron chi connectivity index (χ4n) is 3.35. The fourth-order valence-corrected chi connectivity index (χ4v) is 3.50. The molecule has 1 fully saturated rings. The molecular weight excluding hydrogens is 388 g/mol. The van der Waals surface area contributed by atoms with Crippen molar-refractivity contribution in [3.05, 3.63) is 35.9 Å². The molecule has 0 spiro atoms. The molecule has 1 N–H and O–H groups in total. The maximum absolute atomic E-state index is 13.0. The maximum atomic E-state index is 13.0. The van der Waals surface area contributed by atoms with Gasteiger partial charge in [-0.15, -0.1) is 0 Å². The monoisotopic (exact) mass is 420 g/mol. The summed E-state index contributed by atoms with van der Waals surface area (Å²) in [5.74, 6) is -0.686. The molecule has 2 rings (SSSR count). The largest absolute Gasteiger partial charge is 0.458 e. The number of carbonyl (C=O) groups excluding carboxylic acids is 3. The third-order valence-electron chi connectivity index (χ3n) is 4.82. The number of nitrogens with zero attached hydrogens (tertiary/aromatic N) is 1. The molecule has 0 bridgehead atoms. The second-order valence-corrected chi connectivity index (χ2v) is 8.92. The third kappa shape index (κ3) is 6.77. The zero-order valence-electron chi connectivity index (χ0n) is 17.7. The molecule has 2 amide bonds. The van der Waals surface area contributed by atoms with E-state index in [2.05, 4.69) is 17.9 Å². The van der Waals surface area contributed by atoms with Gasteiger partial charge in [0.15, 0.2) is 0 Å². The minimum atomic E-state index is -0.816. The van der Waals surface area contributed by atoms with Crippen LogP contribution >= 0.6 is 12.6 Å². The molecule has 0 saturated carbocycles. The molecule has 1 unspecified atom stereocenters.